The number of benzene rings is 3. The zero-order valence-corrected chi connectivity index (χ0v) is 17.7. The van der Waals surface area contributed by atoms with Gasteiger partial charge < -0.3 is 28.4 Å². The normalized spacial score (nSPS) is 16.2. The van der Waals surface area contributed by atoms with Gasteiger partial charge in [0.25, 0.3) is 0 Å². The molecule has 3 aliphatic heterocycles. The van der Waals surface area contributed by atoms with Crippen molar-refractivity contribution in [1.29, 1.82) is 0 Å². The van der Waals surface area contributed by atoms with Crippen molar-refractivity contribution >= 4 is 23.8 Å². The summed E-state index contributed by atoms with van der Waals surface area (Å²) < 4.78 is 36.0. The Kier molecular flexibility index (Phi) is 4.73. The van der Waals surface area contributed by atoms with Gasteiger partial charge >= 0.3 is 0 Å². The number of rotatable bonds is 3. The summed E-state index contributed by atoms with van der Waals surface area (Å²) in [5.41, 5.74) is 0. The molecule has 0 atom stereocenters. The third-order valence-electron chi connectivity index (χ3n) is 5.36. The lowest BCUT2D eigenvalue weighted by molar-refractivity contribution is 0.172. The molecule has 0 saturated heterocycles. The van der Waals surface area contributed by atoms with E-state index in [4.69, 9.17) is 28.4 Å². The summed E-state index contributed by atoms with van der Waals surface area (Å²) in [7, 11) is -1.10. The molecule has 0 amide bonds. The first kappa shape index (κ1) is 18.6. The summed E-state index contributed by atoms with van der Waals surface area (Å²) in [6.07, 6.45) is 0. The molecule has 0 bridgehead atoms. The summed E-state index contributed by atoms with van der Waals surface area (Å²) in [6, 6.07) is 18.2. The second-order valence-electron chi connectivity index (χ2n) is 7.24. The Morgan fingerprint density at radius 2 is 0.742 bits per heavy atom. The third-order valence-corrected chi connectivity index (χ3v) is 7.86. The van der Waals surface area contributed by atoms with Crippen molar-refractivity contribution in [3.05, 3.63) is 54.6 Å². The molecule has 0 fully saturated rings. The van der Waals surface area contributed by atoms with E-state index in [0.717, 1.165) is 50.4 Å². The van der Waals surface area contributed by atoms with Gasteiger partial charge in [-0.2, -0.15) is 0 Å². The van der Waals surface area contributed by atoms with E-state index in [1.165, 1.54) is 0 Å². The summed E-state index contributed by atoms with van der Waals surface area (Å²) in [6.45, 7) is 3.20. The van der Waals surface area contributed by atoms with E-state index in [1.54, 1.807) is 0 Å². The van der Waals surface area contributed by atoms with Gasteiger partial charge in [-0.05, 0) is 44.3 Å². The maximum Gasteiger partial charge on any atom is 0.169 e. The average molecular weight is 436 g/mol. The number of fused-ring (bicyclic) bond motifs is 3. The van der Waals surface area contributed by atoms with Crippen LogP contribution in [0.1, 0.15) is 0 Å². The predicted octanol–water partition coefficient (Wildman–Crippen LogP) is 2.76. The van der Waals surface area contributed by atoms with E-state index in [9.17, 15) is 0 Å². The second kappa shape index (κ2) is 7.86. The molecule has 0 N–H and O–H groups in total. The first-order valence-corrected chi connectivity index (χ1v) is 11.7. The molecule has 3 heterocycles. The molecule has 3 aromatic carbocycles. The van der Waals surface area contributed by atoms with Gasteiger partial charge in [0.2, 0.25) is 0 Å². The number of hydrogen-bond acceptors (Lipinski definition) is 6. The molecule has 3 aliphatic rings. The number of para-hydroxylation sites is 3. The number of hydrogen-bond donors (Lipinski definition) is 0. The molecule has 0 saturated carbocycles. The maximum absolute atomic E-state index is 6.11. The monoisotopic (exact) mass is 436 g/mol. The smallest absolute Gasteiger partial charge is 0.169 e. The van der Waals surface area contributed by atoms with Gasteiger partial charge in [0, 0.05) is 15.9 Å². The van der Waals surface area contributed by atoms with Crippen molar-refractivity contribution in [3.63, 3.8) is 0 Å². The fourth-order valence-corrected chi connectivity index (χ4v) is 6.71. The van der Waals surface area contributed by atoms with Gasteiger partial charge in [0.1, 0.15) is 39.6 Å². The average Bonchev–Trinajstić information content (AvgIpc) is 2.85. The highest BCUT2D eigenvalue weighted by molar-refractivity contribution is 7.80. The Balaban J connectivity index is 1.61. The second-order valence-corrected chi connectivity index (χ2v) is 9.36. The van der Waals surface area contributed by atoms with Gasteiger partial charge in [0.05, 0.1) is 0 Å². The van der Waals surface area contributed by atoms with Crippen LogP contribution < -0.4 is 44.3 Å². The van der Waals surface area contributed by atoms with Gasteiger partial charge in [-0.15, -0.1) is 0 Å². The van der Waals surface area contributed by atoms with Crippen LogP contribution in [0.5, 0.6) is 34.5 Å². The van der Waals surface area contributed by atoms with Crippen LogP contribution >= 0.6 is 7.92 Å². The van der Waals surface area contributed by atoms with Crippen molar-refractivity contribution in [1.82, 2.24) is 0 Å². The Hall–Kier alpha value is -3.11. The molecular weight excluding hydrogens is 415 g/mol. The standard InChI is InChI=1S/C24H21O6P/c1-4-16-22(28-13-10-25-16)19(7-1)31(20-8-2-5-17-23(20)29-14-11-26-17)21-9-3-6-18-24(21)30-15-12-27-18/h1-9H,10-15H2. The van der Waals surface area contributed by atoms with E-state index < -0.39 is 7.92 Å². The van der Waals surface area contributed by atoms with Crippen LogP contribution in [0.2, 0.25) is 0 Å². The van der Waals surface area contributed by atoms with Crippen LogP contribution in [0.25, 0.3) is 0 Å². The summed E-state index contributed by atoms with van der Waals surface area (Å²) in [5.74, 6) is 4.64. The van der Waals surface area contributed by atoms with Gasteiger partial charge in [-0.1, -0.05) is 18.2 Å². The molecule has 7 heteroatoms. The Bertz CT molecular complexity index is 990. The van der Waals surface area contributed by atoms with E-state index in [2.05, 4.69) is 18.2 Å². The maximum atomic E-state index is 6.11. The summed E-state index contributed by atoms with van der Waals surface area (Å²) >= 11 is 0. The van der Waals surface area contributed by atoms with Crippen molar-refractivity contribution < 1.29 is 28.4 Å². The lowest BCUT2D eigenvalue weighted by atomic mass is 10.3. The van der Waals surface area contributed by atoms with Crippen molar-refractivity contribution in [3.8, 4) is 34.5 Å². The minimum atomic E-state index is -1.10. The zero-order valence-electron chi connectivity index (χ0n) is 16.8. The Morgan fingerprint density at radius 3 is 1.10 bits per heavy atom. The molecule has 0 unspecified atom stereocenters. The molecule has 6 nitrogen and oxygen atoms in total. The van der Waals surface area contributed by atoms with Crippen molar-refractivity contribution in [2.45, 2.75) is 0 Å². The fraction of sp³-hybridized carbons (Fsp3) is 0.250. The van der Waals surface area contributed by atoms with Gasteiger partial charge in [-0.25, -0.2) is 0 Å². The van der Waals surface area contributed by atoms with Crippen LogP contribution in [0.4, 0.5) is 0 Å². The van der Waals surface area contributed by atoms with Crippen LogP contribution in [-0.2, 0) is 0 Å². The molecule has 31 heavy (non-hydrogen) atoms. The molecule has 158 valence electrons. The molecule has 0 radical (unpaired) electrons. The van der Waals surface area contributed by atoms with Crippen molar-refractivity contribution in [2.75, 3.05) is 39.6 Å². The third kappa shape index (κ3) is 3.22. The van der Waals surface area contributed by atoms with Gasteiger partial charge in [0.15, 0.2) is 34.5 Å². The largest absolute Gasteiger partial charge is 0.486 e. The van der Waals surface area contributed by atoms with Crippen LogP contribution in [0, 0.1) is 0 Å². The van der Waals surface area contributed by atoms with E-state index in [0.29, 0.717) is 39.6 Å². The Morgan fingerprint density at radius 1 is 0.419 bits per heavy atom. The van der Waals surface area contributed by atoms with Gasteiger partial charge in [-0.3, -0.25) is 0 Å². The quantitative estimate of drug-likeness (QED) is 0.589. The minimum Gasteiger partial charge on any atom is -0.486 e. The van der Waals surface area contributed by atoms with Crippen LogP contribution in [-0.4, -0.2) is 39.6 Å². The topological polar surface area (TPSA) is 55.4 Å². The predicted molar refractivity (Wildman–Crippen MR) is 118 cm³/mol. The number of ether oxygens (including phenoxy) is 6. The van der Waals surface area contributed by atoms with E-state index >= 15 is 0 Å². The minimum absolute atomic E-state index is 0.520. The molecular formula is C24H21O6P. The highest BCUT2D eigenvalue weighted by atomic mass is 31.1. The molecule has 3 aromatic rings. The summed E-state index contributed by atoms with van der Waals surface area (Å²) in [5, 5.41) is 3.16. The fourth-order valence-electron chi connectivity index (χ4n) is 4.09. The van der Waals surface area contributed by atoms with Crippen LogP contribution in [0.3, 0.4) is 0 Å². The molecule has 0 aromatic heterocycles. The molecule has 0 spiro atoms. The lowest BCUT2D eigenvalue weighted by Crippen LogP contribution is -2.30. The molecule has 0 aliphatic carbocycles. The Labute approximate surface area is 181 Å². The highest BCUT2D eigenvalue weighted by Gasteiger charge is 2.32. The van der Waals surface area contributed by atoms with E-state index in [-0.39, 0.29) is 0 Å². The van der Waals surface area contributed by atoms with E-state index in [1.807, 2.05) is 36.4 Å². The van der Waals surface area contributed by atoms with Crippen LogP contribution in [0.15, 0.2) is 54.6 Å². The SMILES string of the molecule is c1cc2c(c(P(c3cccc4c3OCCO4)c3cccc4c3OCCO4)c1)OCCO2. The summed E-state index contributed by atoms with van der Waals surface area (Å²) in [4.78, 5) is 0. The first-order valence-electron chi connectivity index (χ1n) is 10.4. The zero-order chi connectivity index (χ0) is 20.6. The highest BCUT2D eigenvalue weighted by Crippen LogP contribution is 2.48. The molecule has 6 rings (SSSR count). The lowest BCUT2D eigenvalue weighted by Gasteiger charge is -2.31. The first-order chi connectivity index (χ1) is 15.4. The van der Waals surface area contributed by atoms with Crippen molar-refractivity contribution in [2.24, 2.45) is 0 Å².